The van der Waals surface area contributed by atoms with Gasteiger partial charge >= 0.3 is 0 Å². The number of hydrogen-bond acceptors (Lipinski definition) is 4. The highest BCUT2D eigenvalue weighted by Gasteiger charge is 2.45. The van der Waals surface area contributed by atoms with Gasteiger partial charge in [0.05, 0.1) is 16.6 Å². The maximum atomic E-state index is 12.5. The third kappa shape index (κ3) is 4.37. The van der Waals surface area contributed by atoms with Gasteiger partial charge in [-0.05, 0) is 56.9 Å². The molecule has 0 radical (unpaired) electrons. The standard InChI is InChI=1S/C19H27ClN4O2/c1-24-13-19(6-8-21-9-7-19)12-16(24)18(26)23-11-10-22-17(25)14-4-2-3-5-15(14)20/h2-5,16,21H,6-13H2,1H3,(H,22,25)(H,23,26)/t16-/m1/s1. The second kappa shape index (κ2) is 8.37. The van der Waals surface area contributed by atoms with Gasteiger partial charge in [0.1, 0.15) is 0 Å². The molecule has 2 amide bonds. The Balaban J connectivity index is 1.43. The van der Waals surface area contributed by atoms with Crippen LogP contribution in [0.25, 0.3) is 0 Å². The first kappa shape index (κ1) is 19.1. The summed E-state index contributed by atoms with van der Waals surface area (Å²) in [6.07, 6.45) is 3.19. The lowest BCUT2D eigenvalue weighted by molar-refractivity contribution is -0.125. The number of hydrogen-bond donors (Lipinski definition) is 3. The van der Waals surface area contributed by atoms with Crippen molar-refractivity contribution in [3.63, 3.8) is 0 Å². The van der Waals surface area contributed by atoms with E-state index < -0.39 is 0 Å². The smallest absolute Gasteiger partial charge is 0.252 e. The number of piperidine rings is 1. The van der Waals surface area contributed by atoms with Crippen LogP contribution in [0, 0.1) is 5.41 Å². The maximum absolute atomic E-state index is 12.5. The van der Waals surface area contributed by atoms with Crippen LogP contribution in [0.2, 0.25) is 5.02 Å². The molecule has 0 unspecified atom stereocenters. The first-order valence-corrected chi connectivity index (χ1v) is 9.60. The summed E-state index contributed by atoms with van der Waals surface area (Å²) >= 11 is 6.01. The van der Waals surface area contributed by atoms with Crippen LogP contribution >= 0.6 is 11.6 Å². The number of rotatable bonds is 5. The molecule has 0 aliphatic carbocycles. The summed E-state index contributed by atoms with van der Waals surface area (Å²) in [6, 6.07) is 6.85. The van der Waals surface area contributed by atoms with Crippen molar-refractivity contribution in [2.75, 3.05) is 39.8 Å². The van der Waals surface area contributed by atoms with Gasteiger partial charge in [0, 0.05) is 19.6 Å². The Morgan fingerprint density at radius 2 is 1.92 bits per heavy atom. The van der Waals surface area contributed by atoms with Crippen molar-refractivity contribution in [2.24, 2.45) is 5.41 Å². The fourth-order valence-electron chi connectivity index (χ4n) is 4.10. The molecule has 142 valence electrons. The van der Waals surface area contributed by atoms with Crippen molar-refractivity contribution in [1.82, 2.24) is 20.9 Å². The highest BCUT2D eigenvalue weighted by atomic mass is 35.5. The van der Waals surface area contributed by atoms with E-state index in [9.17, 15) is 9.59 Å². The summed E-state index contributed by atoms with van der Waals surface area (Å²) in [5.41, 5.74) is 0.726. The van der Waals surface area contributed by atoms with Gasteiger partial charge in [0.15, 0.2) is 0 Å². The first-order valence-electron chi connectivity index (χ1n) is 9.22. The van der Waals surface area contributed by atoms with Crippen LogP contribution in [0.4, 0.5) is 0 Å². The molecule has 1 aromatic rings. The molecule has 0 aromatic heterocycles. The van der Waals surface area contributed by atoms with Crippen molar-refractivity contribution in [3.8, 4) is 0 Å². The zero-order valence-corrected chi connectivity index (χ0v) is 15.9. The van der Waals surface area contributed by atoms with Crippen molar-refractivity contribution < 1.29 is 9.59 Å². The monoisotopic (exact) mass is 378 g/mol. The van der Waals surface area contributed by atoms with Gasteiger partial charge < -0.3 is 16.0 Å². The summed E-state index contributed by atoms with van der Waals surface area (Å²) in [4.78, 5) is 26.8. The highest BCUT2D eigenvalue weighted by molar-refractivity contribution is 6.33. The molecule has 2 aliphatic rings. The van der Waals surface area contributed by atoms with Crippen molar-refractivity contribution in [1.29, 1.82) is 0 Å². The molecule has 1 aromatic carbocycles. The van der Waals surface area contributed by atoms with Crippen LogP contribution in [0.15, 0.2) is 24.3 Å². The molecule has 2 fully saturated rings. The first-order chi connectivity index (χ1) is 12.5. The minimum atomic E-state index is -0.225. The van der Waals surface area contributed by atoms with Crippen LogP contribution in [-0.2, 0) is 4.79 Å². The van der Waals surface area contributed by atoms with Crippen LogP contribution in [0.3, 0.4) is 0 Å². The maximum Gasteiger partial charge on any atom is 0.252 e. The molecule has 26 heavy (non-hydrogen) atoms. The van der Waals surface area contributed by atoms with Gasteiger partial charge in [0.25, 0.3) is 5.91 Å². The predicted octanol–water partition coefficient (Wildman–Crippen LogP) is 1.26. The molecule has 1 atom stereocenters. The van der Waals surface area contributed by atoms with Crippen LogP contribution < -0.4 is 16.0 Å². The Hall–Kier alpha value is -1.63. The zero-order valence-electron chi connectivity index (χ0n) is 15.2. The second-order valence-corrected chi connectivity index (χ2v) is 7.82. The van der Waals surface area contributed by atoms with E-state index in [0.29, 0.717) is 23.7 Å². The average Bonchev–Trinajstić information content (AvgIpc) is 2.95. The predicted molar refractivity (Wildman–Crippen MR) is 102 cm³/mol. The van der Waals surface area contributed by atoms with Crippen LogP contribution in [0.5, 0.6) is 0 Å². The Morgan fingerprint density at radius 3 is 2.65 bits per heavy atom. The highest BCUT2D eigenvalue weighted by Crippen LogP contribution is 2.41. The summed E-state index contributed by atoms with van der Waals surface area (Å²) in [5, 5.41) is 9.57. The number of carbonyl (C=O) groups is 2. The zero-order chi connectivity index (χ0) is 18.6. The Bertz CT molecular complexity index is 661. The lowest BCUT2D eigenvalue weighted by Crippen LogP contribution is -2.44. The number of benzene rings is 1. The normalized spacial score (nSPS) is 22.3. The Morgan fingerprint density at radius 1 is 1.23 bits per heavy atom. The van der Waals surface area contributed by atoms with E-state index in [1.54, 1.807) is 24.3 Å². The largest absolute Gasteiger partial charge is 0.353 e. The van der Waals surface area contributed by atoms with Crippen molar-refractivity contribution in [2.45, 2.75) is 25.3 Å². The fraction of sp³-hybridized carbons (Fsp3) is 0.579. The second-order valence-electron chi connectivity index (χ2n) is 7.41. The lowest BCUT2D eigenvalue weighted by Gasteiger charge is -2.33. The number of halogens is 1. The summed E-state index contributed by atoms with van der Waals surface area (Å²) in [7, 11) is 2.03. The molecule has 7 heteroatoms. The van der Waals surface area contributed by atoms with E-state index in [-0.39, 0.29) is 23.3 Å². The van der Waals surface area contributed by atoms with Gasteiger partial charge in [-0.25, -0.2) is 0 Å². The van der Waals surface area contributed by atoms with E-state index >= 15 is 0 Å². The fourth-order valence-corrected chi connectivity index (χ4v) is 4.32. The summed E-state index contributed by atoms with van der Waals surface area (Å²) in [5.74, 6) is -0.175. The van der Waals surface area contributed by atoms with E-state index in [1.165, 1.54) is 0 Å². The number of likely N-dealkylation sites (tertiary alicyclic amines) is 1. The Labute approximate surface area is 159 Å². The lowest BCUT2D eigenvalue weighted by atomic mass is 9.77. The van der Waals surface area contributed by atoms with Gasteiger partial charge in [0.2, 0.25) is 5.91 Å². The molecule has 1 spiro atoms. The summed E-state index contributed by atoms with van der Waals surface area (Å²) in [6.45, 7) is 3.84. The molecule has 2 aliphatic heterocycles. The molecule has 0 bridgehead atoms. The van der Waals surface area contributed by atoms with Crippen molar-refractivity contribution >= 4 is 23.4 Å². The molecule has 6 nitrogen and oxygen atoms in total. The third-order valence-electron chi connectivity index (χ3n) is 5.54. The van der Waals surface area contributed by atoms with E-state index in [0.717, 1.165) is 38.9 Å². The van der Waals surface area contributed by atoms with Crippen molar-refractivity contribution in [3.05, 3.63) is 34.9 Å². The molecule has 3 rings (SSSR count). The minimum Gasteiger partial charge on any atom is -0.353 e. The number of amides is 2. The van der Waals surface area contributed by atoms with E-state index in [1.807, 2.05) is 7.05 Å². The number of nitrogens with one attached hydrogen (secondary N) is 3. The van der Waals surface area contributed by atoms with Gasteiger partial charge in [-0.2, -0.15) is 0 Å². The third-order valence-corrected chi connectivity index (χ3v) is 5.87. The van der Waals surface area contributed by atoms with Crippen LogP contribution in [0.1, 0.15) is 29.6 Å². The molecular weight excluding hydrogens is 352 g/mol. The molecule has 3 N–H and O–H groups in total. The molecule has 2 heterocycles. The van der Waals surface area contributed by atoms with Gasteiger partial charge in [-0.15, -0.1) is 0 Å². The minimum absolute atomic E-state index is 0.0508. The Kier molecular flexibility index (Phi) is 6.16. The number of nitrogens with zero attached hydrogens (tertiary/aromatic N) is 1. The van der Waals surface area contributed by atoms with Gasteiger partial charge in [-0.3, -0.25) is 14.5 Å². The molecule has 2 saturated heterocycles. The number of likely N-dealkylation sites (N-methyl/N-ethyl adjacent to an activating group) is 1. The molecule has 0 saturated carbocycles. The van der Waals surface area contributed by atoms with E-state index in [2.05, 4.69) is 20.9 Å². The summed E-state index contributed by atoms with van der Waals surface area (Å²) < 4.78 is 0. The van der Waals surface area contributed by atoms with Gasteiger partial charge in [-0.1, -0.05) is 23.7 Å². The number of carbonyl (C=O) groups excluding carboxylic acids is 2. The molecular formula is C19H27ClN4O2. The van der Waals surface area contributed by atoms with Crippen LogP contribution in [-0.4, -0.2) is 62.5 Å². The quantitative estimate of drug-likeness (QED) is 0.674. The SMILES string of the molecule is CN1CC2(CCNCC2)C[C@@H]1C(=O)NCCNC(=O)c1ccccc1Cl. The van der Waals surface area contributed by atoms with E-state index in [4.69, 9.17) is 11.6 Å². The topological polar surface area (TPSA) is 73.5 Å². The average molecular weight is 379 g/mol.